The minimum absolute atomic E-state index is 0.212. The number of morpholine rings is 1. The number of hydrogen-bond donors (Lipinski definition) is 0. The van der Waals surface area contributed by atoms with Crippen molar-refractivity contribution >= 4 is 11.5 Å². The Balaban J connectivity index is 1.50. The zero-order valence-electron chi connectivity index (χ0n) is 17.2. The van der Waals surface area contributed by atoms with Gasteiger partial charge in [0.2, 0.25) is 0 Å². The van der Waals surface area contributed by atoms with Gasteiger partial charge in [0.25, 0.3) is 0 Å². The standard InChI is InChI=1S/C25H23FN4O/c26-22-4-1-17(13-21(22)23-15-28-23)25-19-3-2-18(16-5-7-27-8-6-16)20(19)14-24(29-25)30-9-11-31-12-10-30/h1,4-8,13-14,18H,2-3,9-12,15H2. The fraction of sp³-hybridized carbons (Fsp3) is 0.320. The molecular formula is C25H23FN4O. The molecular weight excluding hydrogens is 391 g/mol. The topological polar surface area (TPSA) is 50.6 Å². The number of fused-ring (bicyclic) bond motifs is 1. The fourth-order valence-electron chi connectivity index (χ4n) is 4.83. The maximum atomic E-state index is 14.4. The third-order valence-electron chi connectivity index (χ3n) is 6.51. The molecule has 1 fully saturated rings. The first kappa shape index (κ1) is 18.6. The molecule has 31 heavy (non-hydrogen) atoms. The largest absolute Gasteiger partial charge is 0.378 e. The van der Waals surface area contributed by atoms with Gasteiger partial charge in [0.15, 0.2) is 0 Å². The number of rotatable bonds is 4. The molecule has 1 aliphatic carbocycles. The highest BCUT2D eigenvalue weighted by molar-refractivity contribution is 6.11. The van der Waals surface area contributed by atoms with E-state index in [4.69, 9.17) is 9.72 Å². The number of ether oxygens (including phenoxy) is 1. The van der Waals surface area contributed by atoms with Gasteiger partial charge in [-0.25, -0.2) is 9.37 Å². The highest BCUT2D eigenvalue weighted by Gasteiger charge is 2.30. The number of nitrogens with zero attached hydrogens (tertiary/aromatic N) is 4. The summed E-state index contributed by atoms with van der Waals surface area (Å²) in [5, 5.41) is 0. The number of aliphatic imine (C=N–C) groups is 1. The normalized spacial score (nSPS) is 19.8. The highest BCUT2D eigenvalue weighted by atomic mass is 19.1. The van der Waals surface area contributed by atoms with Crippen molar-refractivity contribution in [2.45, 2.75) is 18.8 Å². The van der Waals surface area contributed by atoms with Crippen LogP contribution in [0.1, 0.15) is 34.6 Å². The summed E-state index contributed by atoms with van der Waals surface area (Å²) in [5.74, 6) is 1.09. The van der Waals surface area contributed by atoms with Gasteiger partial charge in [-0.1, -0.05) is 0 Å². The minimum atomic E-state index is -0.212. The molecule has 5 nitrogen and oxygen atoms in total. The van der Waals surface area contributed by atoms with Gasteiger partial charge in [-0.15, -0.1) is 0 Å². The van der Waals surface area contributed by atoms with Gasteiger partial charge in [-0.05, 0) is 65.9 Å². The quantitative estimate of drug-likeness (QED) is 0.648. The number of pyridine rings is 2. The van der Waals surface area contributed by atoms with E-state index in [-0.39, 0.29) is 5.82 Å². The molecule has 1 aromatic carbocycles. The second-order valence-corrected chi connectivity index (χ2v) is 8.33. The summed E-state index contributed by atoms with van der Waals surface area (Å²) in [6.45, 7) is 3.71. The van der Waals surface area contributed by atoms with Crippen LogP contribution in [-0.4, -0.2) is 48.5 Å². The van der Waals surface area contributed by atoms with Gasteiger partial charge in [-0.3, -0.25) is 9.98 Å². The van der Waals surface area contributed by atoms with Crippen LogP contribution in [0.25, 0.3) is 11.3 Å². The maximum absolute atomic E-state index is 14.4. The summed E-state index contributed by atoms with van der Waals surface area (Å²) in [5.41, 5.74) is 7.27. The van der Waals surface area contributed by atoms with Crippen molar-refractivity contribution in [3.8, 4) is 11.3 Å². The van der Waals surface area contributed by atoms with Crippen LogP contribution in [0.3, 0.4) is 0 Å². The number of anilines is 1. The lowest BCUT2D eigenvalue weighted by molar-refractivity contribution is 0.122. The third-order valence-corrected chi connectivity index (χ3v) is 6.51. The van der Waals surface area contributed by atoms with Gasteiger partial charge >= 0.3 is 0 Å². The van der Waals surface area contributed by atoms with Gasteiger partial charge in [-0.2, -0.15) is 0 Å². The van der Waals surface area contributed by atoms with Crippen molar-refractivity contribution in [1.82, 2.24) is 9.97 Å². The molecule has 0 amide bonds. The summed E-state index contributed by atoms with van der Waals surface area (Å²) in [7, 11) is 0. The van der Waals surface area contributed by atoms with Gasteiger partial charge in [0.05, 0.1) is 31.2 Å². The van der Waals surface area contributed by atoms with E-state index in [1.165, 1.54) is 16.7 Å². The molecule has 6 rings (SSSR count). The number of aromatic nitrogens is 2. The molecule has 1 unspecified atom stereocenters. The molecule has 0 saturated carbocycles. The Bertz CT molecular complexity index is 1170. The molecule has 1 atom stereocenters. The van der Waals surface area contributed by atoms with Crippen molar-refractivity contribution in [3.63, 3.8) is 0 Å². The average Bonchev–Trinajstić information content (AvgIpc) is 3.58. The average molecular weight is 414 g/mol. The molecule has 4 heterocycles. The predicted octanol–water partition coefficient (Wildman–Crippen LogP) is 4.00. The molecule has 0 bridgehead atoms. The van der Waals surface area contributed by atoms with Crippen LogP contribution >= 0.6 is 0 Å². The second-order valence-electron chi connectivity index (χ2n) is 8.33. The lowest BCUT2D eigenvalue weighted by Gasteiger charge is -2.29. The van der Waals surface area contributed by atoms with Crippen molar-refractivity contribution < 1.29 is 9.13 Å². The SMILES string of the molecule is Fc1ccc(-c2nc(N3CCOCC3)cc3c2CCC3c2ccncc2)cc1C1=NC1. The lowest BCUT2D eigenvalue weighted by Crippen LogP contribution is -2.37. The summed E-state index contributed by atoms with van der Waals surface area (Å²) in [6, 6.07) is 11.8. The van der Waals surface area contributed by atoms with E-state index in [2.05, 4.69) is 33.1 Å². The van der Waals surface area contributed by atoms with Crippen molar-refractivity contribution in [2.24, 2.45) is 4.99 Å². The molecule has 156 valence electrons. The molecule has 0 radical (unpaired) electrons. The summed E-state index contributed by atoms with van der Waals surface area (Å²) < 4.78 is 19.9. The molecule has 0 spiro atoms. The van der Waals surface area contributed by atoms with E-state index < -0.39 is 0 Å². The Kier molecular flexibility index (Phi) is 4.53. The van der Waals surface area contributed by atoms with Crippen LogP contribution in [-0.2, 0) is 11.2 Å². The number of benzene rings is 1. The molecule has 0 N–H and O–H groups in total. The Morgan fingerprint density at radius 3 is 2.61 bits per heavy atom. The minimum Gasteiger partial charge on any atom is -0.378 e. The van der Waals surface area contributed by atoms with E-state index >= 15 is 0 Å². The van der Waals surface area contributed by atoms with E-state index in [0.717, 1.165) is 48.7 Å². The molecule has 6 heteroatoms. The first-order valence-corrected chi connectivity index (χ1v) is 10.9. The summed E-state index contributed by atoms with van der Waals surface area (Å²) in [4.78, 5) is 15.8. The van der Waals surface area contributed by atoms with Crippen LogP contribution in [0.5, 0.6) is 0 Å². The Morgan fingerprint density at radius 2 is 1.84 bits per heavy atom. The smallest absolute Gasteiger partial charge is 0.132 e. The van der Waals surface area contributed by atoms with E-state index in [1.54, 1.807) is 6.07 Å². The Labute approximate surface area is 180 Å². The molecule has 3 aromatic rings. The molecule has 1 saturated heterocycles. The van der Waals surface area contributed by atoms with Crippen molar-refractivity contribution in [2.75, 3.05) is 37.7 Å². The monoisotopic (exact) mass is 414 g/mol. The lowest BCUT2D eigenvalue weighted by atomic mass is 9.92. The van der Waals surface area contributed by atoms with Crippen LogP contribution in [0.4, 0.5) is 10.2 Å². The second kappa shape index (κ2) is 7.54. The van der Waals surface area contributed by atoms with Crippen molar-refractivity contribution in [3.05, 3.63) is 76.9 Å². The number of halogens is 1. The van der Waals surface area contributed by atoms with Crippen LogP contribution < -0.4 is 4.90 Å². The van der Waals surface area contributed by atoms with E-state index in [0.29, 0.717) is 31.2 Å². The zero-order valence-corrected chi connectivity index (χ0v) is 17.2. The zero-order chi connectivity index (χ0) is 20.8. The third kappa shape index (κ3) is 3.41. The highest BCUT2D eigenvalue weighted by Crippen LogP contribution is 2.43. The maximum Gasteiger partial charge on any atom is 0.132 e. The van der Waals surface area contributed by atoms with E-state index in [9.17, 15) is 4.39 Å². The predicted molar refractivity (Wildman–Crippen MR) is 118 cm³/mol. The Hall–Kier alpha value is -3.12. The Morgan fingerprint density at radius 1 is 1.03 bits per heavy atom. The summed E-state index contributed by atoms with van der Waals surface area (Å²) >= 11 is 0. The number of hydrogen-bond acceptors (Lipinski definition) is 5. The molecule has 2 aliphatic heterocycles. The first-order chi connectivity index (χ1) is 15.3. The van der Waals surface area contributed by atoms with Crippen molar-refractivity contribution in [1.29, 1.82) is 0 Å². The molecule has 3 aliphatic rings. The van der Waals surface area contributed by atoms with Gasteiger partial charge in [0.1, 0.15) is 11.6 Å². The van der Waals surface area contributed by atoms with Gasteiger partial charge in [0, 0.05) is 42.5 Å². The van der Waals surface area contributed by atoms with Crippen LogP contribution in [0.2, 0.25) is 0 Å². The van der Waals surface area contributed by atoms with Gasteiger partial charge < -0.3 is 9.64 Å². The fourth-order valence-corrected chi connectivity index (χ4v) is 4.83. The van der Waals surface area contributed by atoms with E-state index in [1.807, 2.05) is 24.5 Å². The first-order valence-electron chi connectivity index (χ1n) is 10.9. The van der Waals surface area contributed by atoms with Crippen LogP contribution in [0.15, 0.2) is 53.8 Å². The van der Waals surface area contributed by atoms with Crippen LogP contribution in [0, 0.1) is 5.82 Å². The molecule has 2 aromatic heterocycles. The summed E-state index contributed by atoms with van der Waals surface area (Å²) in [6.07, 6.45) is 5.73.